The summed E-state index contributed by atoms with van der Waals surface area (Å²) in [6, 6.07) is 11.8. The molecular formula is C14H12O2S. The zero-order chi connectivity index (χ0) is 12.3. The molecule has 2 aromatic carbocycles. The van der Waals surface area contributed by atoms with Gasteiger partial charge in [-0.1, -0.05) is 36.9 Å². The van der Waals surface area contributed by atoms with Crippen LogP contribution in [-0.4, -0.2) is 12.2 Å². The first-order valence-electron chi connectivity index (χ1n) is 5.16. The number of benzene rings is 2. The molecule has 0 bridgehead atoms. The third-order valence-electron chi connectivity index (χ3n) is 2.42. The second-order valence-electron chi connectivity index (χ2n) is 3.44. The first-order valence-corrected chi connectivity index (χ1v) is 5.98. The summed E-state index contributed by atoms with van der Waals surface area (Å²) in [6.07, 6.45) is 1.30. The number of carbonyl (C=O) groups is 1. The van der Waals surface area contributed by atoms with Crippen molar-refractivity contribution < 1.29 is 9.53 Å². The van der Waals surface area contributed by atoms with Crippen LogP contribution in [0.15, 0.2) is 53.9 Å². The minimum absolute atomic E-state index is 0.0846. The molecule has 0 aromatic heterocycles. The van der Waals surface area contributed by atoms with Crippen molar-refractivity contribution in [2.24, 2.45) is 0 Å². The molecule has 0 aliphatic carbocycles. The quantitative estimate of drug-likeness (QED) is 0.609. The second-order valence-corrected chi connectivity index (χ2v) is 4.49. The summed E-state index contributed by atoms with van der Waals surface area (Å²) >= 11 is 1.13. The number of methoxy groups -OCH3 is 1. The highest BCUT2D eigenvalue weighted by Crippen LogP contribution is 2.36. The Morgan fingerprint density at radius 2 is 2.06 bits per heavy atom. The van der Waals surface area contributed by atoms with Crippen LogP contribution in [0.2, 0.25) is 0 Å². The molecule has 0 saturated heterocycles. The highest BCUT2D eigenvalue weighted by Gasteiger charge is 2.10. The maximum Gasteiger partial charge on any atom is 0.216 e. The Bertz CT molecular complexity index is 575. The van der Waals surface area contributed by atoms with E-state index in [1.807, 2.05) is 36.4 Å². The third-order valence-corrected chi connectivity index (χ3v) is 3.33. The Morgan fingerprint density at radius 3 is 2.76 bits per heavy atom. The van der Waals surface area contributed by atoms with Gasteiger partial charge in [-0.3, -0.25) is 4.79 Å². The molecule has 0 aliphatic heterocycles. The van der Waals surface area contributed by atoms with Gasteiger partial charge in [-0.05, 0) is 29.3 Å². The van der Waals surface area contributed by atoms with Gasteiger partial charge in [0.05, 0.1) is 12.0 Å². The maximum absolute atomic E-state index is 11.4. The lowest BCUT2D eigenvalue weighted by Gasteiger charge is -2.09. The van der Waals surface area contributed by atoms with Crippen molar-refractivity contribution in [3.63, 3.8) is 0 Å². The lowest BCUT2D eigenvalue weighted by atomic mass is 10.1. The van der Waals surface area contributed by atoms with Crippen molar-refractivity contribution in [1.82, 2.24) is 0 Å². The first kappa shape index (κ1) is 11.7. The second kappa shape index (κ2) is 5.06. The number of carbonyl (C=O) groups excluding carboxylic acids is 1. The summed E-state index contributed by atoms with van der Waals surface area (Å²) in [5.74, 6) is 0.739. The van der Waals surface area contributed by atoms with Crippen molar-refractivity contribution in [2.75, 3.05) is 7.11 Å². The van der Waals surface area contributed by atoms with E-state index >= 15 is 0 Å². The van der Waals surface area contributed by atoms with Gasteiger partial charge in [-0.2, -0.15) is 0 Å². The minimum atomic E-state index is -0.0846. The molecule has 0 spiro atoms. The highest BCUT2D eigenvalue weighted by molar-refractivity contribution is 8.14. The standard InChI is InChI=1S/C14H12O2S/c1-3-13(15)17-12-9-8-10-6-4-5-7-11(10)14(12)16-2/h3-9H,1H2,2H3. The molecule has 0 saturated carbocycles. The topological polar surface area (TPSA) is 26.3 Å². The van der Waals surface area contributed by atoms with E-state index in [2.05, 4.69) is 6.58 Å². The Hall–Kier alpha value is -1.74. The van der Waals surface area contributed by atoms with Gasteiger partial charge in [0.15, 0.2) is 0 Å². The van der Waals surface area contributed by atoms with E-state index in [0.29, 0.717) is 0 Å². The summed E-state index contributed by atoms with van der Waals surface area (Å²) in [7, 11) is 1.62. The molecule has 0 heterocycles. The molecule has 86 valence electrons. The van der Waals surface area contributed by atoms with E-state index in [1.54, 1.807) is 7.11 Å². The molecule has 3 heteroatoms. The fourth-order valence-corrected chi connectivity index (χ4v) is 2.39. The summed E-state index contributed by atoms with van der Waals surface area (Å²) < 4.78 is 5.40. The van der Waals surface area contributed by atoms with Crippen molar-refractivity contribution >= 4 is 27.6 Å². The number of hydrogen-bond donors (Lipinski definition) is 0. The van der Waals surface area contributed by atoms with Crippen LogP contribution < -0.4 is 4.74 Å². The lowest BCUT2D eigenvalue weighted by molar-refractivity contribution is -0.107. The Labute approximate surface area is 104 Å². The van der Waals surface area contributed by atoms with Crippen LogP contribution in [0.3, 0.4) is 0 Å². The smallest absolute Gasteiger partial charge is 0.216 e. The summed E-state index contributed by atoms with van der Waals surface area (Å²) in [6.45, 7) is 3.46. The Kier molecular flexibility index (Phi) is 3.49. The average molecular weight is 244 g/mol. The zero-order valence-electron chi connectivity index (χ0n) is 9.47. The van der Waals surface area contributed by atoms with E-state index in [9.17, 15) is 4.79 Å². The van der Waals surface area contributed by atoms with E-state index < -0.39 is 0 Å². The molecule has 0 radical (unpaired) electrons. The molecule has 2 aromatic rings. The fraction of sp³-hybridized carbons (Fsp3) is 0.0714. The van der Waals surface area contributed by atoms with E-state index in [1.165, 1.54) is 6.08 Å². The van der Waals surface area contributed by atoms with Gasteiger partial charge in [-0.25, -0.2) is 0 Å². The average Bonchev–Trinajstić information content (AvgIpc) is 2.38. The largest absolute Gasteiger partial charge is 0.495 e. The van der Waals surface area contributed by atoms with Crippen LogP contribution in [0.25, 0.3) is 10.8 Å². The molecule has 2 nitrogen and oxygen atoms in total. The molecule has 0 amide bonds. The number of ether oxygens (including phenoxy) is 1. The molecule has 0 aliphatic rings. The Balaban J connectivity index is 2.56. The molecule has 0 atom stereocenters. The van der Waals surface area contributed by atoms with Gasteiger partial charge < -0.3 is 4.74 Å². The van der Waals surface area contributed by atoms with Gasteiger partial charge in [0.1, 0.15) is 5.75 Å². The van der Waals surface area contributed by atoms with Crippen LogP contribution in [0.4, 0.5) is 0 Å². The molecule has 0 N–H and O–H groups in total. The number of hydrogen-bond acceptors (Lipinski definition) is 3. The predicted octanol–water partition coefficient (Wildman–Crippen LogP) is 3.65. The zero-order valence-corrected chi connectivity index (χ0v) is 10.3. The summed E-state index contributed by atoms with van der Waals surface area (Å²) in [4.78, 5) is 12.2. The minimum Gasteiger partial charge on any atom is -0.495 e. The molecule has 0 unspecified atom stereocenters. The number of rotatable bonds is 3. The molecular weight excluding hydrogens is 232 g/mol. The number of thioether (sulfide) groups is 1. The van der Waals surface area contributed by atoms with E-state index in [0.717, 1.165) is 33.2 Å². The van der Waals surface area contributed by atoms with E-state index in [4.69, 9.17) is 4.74 Å². The normalized spacial score (nSPS) is 10.2. The SMILES string of the molecule is C=CC(=O)Sc1ccc2ccccc2c1OC. The van der Waals surface area contributed by atoms with Crippen molar-refractivity contribution in [3.8, 4) is 5.75 Å². The van der Waals surface area contributed by atoms with Gasteiger partial charge >= 0.3 is 0 Å². The van der Waals surface area contributed by atoms with Crippen LogP contribution in [0.1, 0.15) is 0 Å². The highest BCUT2D eigenvalue weighted by atomic mass is 32.2. The third kappa shape index (κ3) is 2.34. The lowest BCUT2D eigenvalue weighted by Crippen LogP contribution is -1.91. The maximum atomic E-state index is 11.4. The van der Waals surface area contributed by atoms with Crippen LogP contribution in [0, 0.1) is 0 Å². The first-order chi connectivity index (χ1) is 8.26. The Morgan fingerprint density at radius 1 is 1.29 bits per heavy atom. The molecule has 0 fully saturated rings. The van der Waals surface area contributed by atoms with Crippen molar-refractivity contribution in [2.45, 2.75) is 4.90 Å². The monoisotopic (exact) mass is 244 g/mol. The van der Waals surface area contributed by atoms with Gasteiger partial charge in [0.2, 0.25) is 5.12 Å². The van der Waals surface area contributed by atoms with Crippen LogP contribution in [0.5, 0.6) is 5.75 Å². The molecule has 2 rings (SSSR count). The summed E-state index contributed by atoms with van der Waals surface area (Å²) in [5.41, 5.74) is 0. The van der Waals surface area contributed by atoms with Gasteiger partial charge in [0, 0.05) is 5.39 Å². The number of fused-ring (bicyclic) bond motifs is 1. The van der Waals surface area contributed by atoms with Gasteiger partial charge in [0.25, 0.3) is 0 Å². The van der Waals surface area contributed by atoms with Crippen LogP contribution in [-0.2, 0) is 4.79 Å². The van der Waals surface area contributed by atoms with Crippen molar-refractivity contribution in [1.29, 1.82) is 0 Å². The predicted molar refractivity (Wildman–Crippen MR) is 71.6 cm³/mol. The van der Waals surface area contributed by atoms with Crippen LogP contribution >= 0.6 is 11.8 Å². The summed E-state index contributed by atoms with van der Waals surface area (Å²) in [5, 5.41) is 2.02. The van der Waals surface area contributed by atoms with Gasteiger partial charge in [-0.15, -0.1) is 0 Å². The molecule has 17 heavy (non-hydrogen) atoms. The van der Waals surface area contributed by atoms with Crippen molar-refractivity contribution in [3.05, 3.63) is 49.1 Å². The fourth-order valence-electron chi connectivity index (χ4n) is 1.66. The van der Waals surface area contributed by atoms with E-state index in [-0.39, 0.29) is 5.12 Å².